The van der Waals surface area contributed by atoms with Gasteiger partial charge in [-0.15, -0.1) is 0 Å². The molecule has 3 N–H and O–H groups in total. The standard InChI is InChI=1S/C19H25N3O2/c1-2-11-21-19(24)14-12-22(13-7-4-3-5-8-13)16-10-6-9-15(20)17(16)18(14)23/h6,9-10,12-13H,2-5,7-8,11,20H2,1H3,(H,21,24). The molecule has 0 saturated heterocycles. The Balaban J connectivity index is 2.18. The van der Waals surface area contributed by atoms with Gasteiger partial charge in [-0.05, 0) is 31.4 Å². The number of rotatable bonds is 4. The monoisotopic (exact) mass is 327 g/mol. The van der Waals surface area contributed by atoms with Crippen LogP contribution in [0.5, 0.6) is 0 Å². The van der Waals surface area contributed by atoms with Gasteiger partial charge >= 0.3 is 0 Å². The van der Waals surface area contributed by atoms with Gasteiger partial charge in [0, 0.05) is 24.5 Å². The first-order valence-electron chi connectivity index (χ1n) is 8.85. The van der Waals surface area contributed by atoms with Crippen LogP contribution in [0.3, 0.4) is 0 Å². The molecule has 1 fully saturated rings. The highest BCUT2D eigenvalue weighted by Gasteiger charge is 2.21. The smallest absolute Gasteiger partial charge is 0.256 e. The average molecular weight is 327 g/mol. The predicted octanol–water partition coefficient (Wildman–Crippen LogP) is 3.23. The van der Waals surface area contributed by atoms with Gasteiger partial charge in [0.05, 0.1) is 10.9 Å². The Morgan fingerprint density at radius 1 is 1.29 bits per heavy atom. The Bertz CT molecular complexity index is 804. The van der Waals surface area contributed by atoms with Crippen LogP contribution in [-0.2, 0) is 0 Å². The van der Waals surface area contributed by atoms with E-state index in [2.05, 4.69) is 9.88 Å². The van der Waals surface area contributed by atoms with E-state index in [0.717, 1.165) is 24.8 Å². The summed E-state index contributed by atoms with van der Waals surface area (Å²) in [7, 11) is 0. The fourth-order valence-electron chi connectivity index (χ4n) is 3.58. The van der Waals surface area contributed by atoms with Crippen LogP contribution in [0.1, 0.15) is 61.8 Å². The summed E-state index contributed by atoms with van der Waals surface area (Å²) in [5.74, 6) is -0.309. The third-order valence-corrected chi connectivity index (χ3v) is 4.84. The van der Waals surface area contributed by atoms with Crippen molar-refractivity contribution < 1.29 is 4.79 Å². The van der Waals surface area contributed by atoms with E-state index in [9.17, 15) is 9.59 Å². The number of aromatic nitrogens is 1. The largest absolute Gasteiger partial charge is 0.398 e. The number of hydrogen-bond acceptors (Lipinski definition) is 3. The molecule has 3 rings (SSSR count). The number of pyridine rings is 1. The molecule has 1 aromatic heterocycles. The van der Waals surface area contributed by atoms with E-state index >= 15 is 0 Å². The van der Waals surface area contributed by atoms with Crippen molar-refractivity contribution in [1.82, 2.24) is 9.88 Å². The molecule has 0 aliphatic heterocycles. The molecular weight excluding hydrogens is 302 g/mol. The number of hydrogen-bond donors (Lipinski definition) is 2. The van der Waals surface area contributed by atoms with Crippen LogP contribution in [0, 0.1) is 0 Å². The zero-order chi connectivity index (χ0) is 17.1. The van der Waals surface area contributed by atoms with Crippen LogP contribution in [0.4, 0.5) is 5.69 Å². The average Bonchev–Trinajstić information content (AvgIpc) is 2.60. The maximum Gasteiger partial charge on any atom is 0.256 e. The van der Waals surface area contributed by atoms with Crippen molar-refractivity contribution in [3.8, 4) is 0 Å². The topological polar surface area (TPSA) is 77.1 Å². The van der Waals surface area contributed by atoms with E-state index in [0.29, 0.717) is 23.7 Å². The number of nitrogens with two attached hydrogens (primary N) is 1. The third-order valence-electron chi connectivity index (χ3n) is 4.84. The number of benzene rings is 1. The number of nitrogen functional groups attached to an aromatic ring is 1. The molecule has 5 heteroatoms. The van der Waals surface area contributed by atoms with Crippen molar-refractivity contribution in [2.24, 2.45) is 0 Å². The van der Waals surface area contributed by atoms with Crippen molar-refractivity contribution >= 4 is 22.5 Å². The van der Waals surface area contributed by atoms with Crippen molar-refractivity contribution in [2.45, 2.75) is 51.5 Å². The van der Waals surface area contributed by atoms with E-state index in [1.807, 2.05) is 19.1 Å². The normalized spacial score (nSPS) is 15.5. The number of fused-ring (bicyclic) bond motifs is 1. The summed E-state index contributed by atoms with van der Waals surface area (Å²) >= 11 is 0. The quantitative estimate of drug-likeness (QED) is 0.846. The second-order valence-electron chi connectivity index (χ2n) is 6.57. The van der Waals surface area contributed by atoms with Crippen molar-refractivity contribution in [2.75, 3.05) is 12.3 Å². The molecule has 0 radical (unpaired) electrons. The molecule has 5 nitrogen and oxygen atoms in total. The number of anilines is 1. The molecule has 1 aromatic carbocycles. The second kappa shape index (κ2) is 7.07. The van der Waals surface area contributed by atoms with Gasteiger partial charge in [0.2, 0.25) is 5.43 Å². The second-order valence-corrected chi connectivity index (χ2v) is 6.57. The minimum Gasteiger partial charge on any atom is -0.398 e. The molecule has 1 heterocycles. The Labute approximate surface area is 141 Å². The SMILES string of the molecule is CCCNC(=O)c1cn(C2CCCCC2)c2cccc(N)c2c1=O. The molecule has 2 aromatic rings. The van der Waals surface area contributed by atoms with E-state index in [4.69, 9.17) is 5.73 Å². The van der Waals surface area contributed by atoms with Crippen molar-refractivity contribution in [3.05, 3.63) is 40.2 Å². The number of nitrogens with zero attached hydrogens (tertiary/aromatic N) is 1. The van der Waals surface area contributed by atoms with Crippen LogP contribution in [-0.4, -0.2) is 17.0 Å². The Morgan fingerprint density at radius 3 is 2.75 bits per heavy atom. The highest BCUT2D eigenvalue weighted by molar-refractivity contribution is 6.00. The fourth-order valence-corrected chi connectivity index (χ4v) is 3.58. The molecule has 128 valence electrons. The third kappa shape index (κ3) is 3.03. The summed E-state index contributed by atoms with van der Waals surface area (Å²) in [4.78, 5) is 25.3. The van der Waals surface area contributed by atoms with Crippen LogP contribution in [0.15, 0.2) is 29.2 Å². The fraction of sp³-hybridized carbons (Fsp3) is 0.474. The first-order chi connectivity index (χ1) is 11.6. The van der Waals surface area contributed by atoms with Crippen LogP contribution in [0.2, 0.25) is 0 Å². The number of carbonyl (C=O) groups is 1. The first-order valence-corrected chi connectivity index (χ1v) is 8.85. The molecule has 1 aliphatic rings. The minimum atomic E-state index is -0.309. The van der Waals surface area contributed by atoms with E-state index in [-0.39, 0.29) is 16.9 Å². The summed E-state index contributed by atoms with van der Waals surface area (Å²) in [5.41, 5.74) is 7.27. The zero-order valence-corrected chi connectivity index (χ0v) is 14.2. The highest BCUT2D eigenvalue weighted by atomic mass is 16.2. The van der Waals surface area contributed by atoms with Crippen LogP contribution < -0.4 is 16.5 Å². The van der Waals surface area contributed by atoms with E-state index in [1.165, 1.54) is 19.3 Å². The Morgan fingerprint density at radius 2 is 2.04 bits per heavy atom. The summed E-state index contributed by atoms with van der Waals surface area (Å²) in [6.07, 6.45) is 8.32. The van der Waals surface area contributed by atoms with Gasteiger partial charge in [0.1, 0.15) is 5.56 Å². The molecule has 0 atom stereocenters. The van der Waals surface area contributed by atoms with Gasteiger partial charge in [0.15, 0.2) is 0 Å². The lowest BCUT2D eigenvalue weighted by molar-refractivity contribution is 0.0952. The van der Waals surface area contributed by atoms with Crippen LogP contribution >= 0.6 is 0 Å². The van der Waals surface area contributed by atoms with E-state index < -0.39 is 0 Å². The van der Waals surface area contributed by atoms with Crippen molar-refractivity contribution in [3.63, 3.8) is 0 Å². The van der Waals surface area contributed by atoms with Gasteiger partial charge in [-0.25, -0.2) is 0 Å². The highest BCUT2D eigenvalue weighted by Crippen LogP contribution is 2.31. The van der Waals surface area contributed by atoms with Gasteiger partial charge in [-0.1, -0.05) is 32.3 Å². The number of nitrogens with one attached hydrogen (secondary N) is 1. The maximum atomic E-state index is 12.8. The predicted molar refractivity (Wildman–Crippen MR) is 97.4 cm³/mol. The molecule has 24 heavy (non-hydrogen) atoms. The Kier molecular flexibility index (Phi) is 4.88. The molecule has 0 unspecified atom stereocenters. The molecular formula is C19H25N3O2. The lowest BCUT2D eigenvalue weighted by Crippen LogP contribution is -2.31. The maximum absolute atomic E-state index is 12.8. The number of amides is 1. The first kappa shape index (κ1) is 16.6. The minimum absolute atomic E-state index is 0.194. The lowest BCUT2D eigenvalue weighted by atomic mass is 9.94. The molecule has 1 aliphatic carbocycles. The van der Waals surface area contributed by atoms with Gasteiger partial charge < -0.3 is 15.6 Å². The summed E-state index contributed by atoms with van der Waals surface area (Å²) in [6, 6.07) is 5.84. The molecule has 0 spiro atoms. The molecule has 0 bridgehead atoms. The van der Waals surface area contributed by atoms with Crippen molar-refractivity contribution in [1.29, 1.82) is 0 Å². The molecule has 1 saturated carbocycles. The summed E-state index contributed by atoms with van der Waals surface area (Å²) < 4.78 is 2.10. The van der Waals surface area contributed by atoms with Crippen LogP contribution in [0.25, 0.3) is 10.9 Å². The summed E-state index contributed by atoms with van der Waals surface area (Å²) in [5, 5.41) is 3.28. The molecule has 1 amide bonds. The van der Waals surface area contributed by atoms with Gasteiger partial charge in [0.25, 0.3) is 5.91 Å². The number of carbonyl (C=O) groups excluding carboxylic acids is 1. The zero-order valence-electron chi connectivity index (χ0n) is 14.2. The summed E-state index contributed by atoms with van der Waals surface area (Å²) in [6.45, 7) is 2.54. The lowest BCUT2D eigenvalue weighted by Gasteiger charge is -2.27. The van der Waals surface area contributed by atoms with E-state index in [1.54, 1.807) is 12.3 Å². The van der Waals surface area contributed by atoms with Gasteiger partial charge in [-0.2, -0.15) is 0 Å². The van der Waals surface area contributed by atoms with Gasteiger partial charge in [-0.3, -0.25) is 9.59 Å². The Hall–Kier alpha value is -2.30.